The zero-order chi connectivity index (χ0) is 20.3. The van der Waals surface area contributed by atoms with E-state index in [1.54, 1.807) is 23.1 Å². The number of piperidine rings is 1. The van der Waals surface area contributed by atoms with Crippen molar-refractivity contribution in [1.29, 1.82) is 0 Å². The number of amides is 2. The third-order valence-corrected chi connectivity index (χ3v) is 6.41. The molecule has 3 rings (SSSR count). The van der Waals surface area contributed by atoms with E-state index in [4.69, 9.17) is 28.9 Å². The van der Waals surface area contributed by atoms with Crippen LogP contribution < -0.4 is 11.1 Å². The minimum Gasteiger partial charge on any atom is -0.400 e. The van der Waals surface area contributed by atoms with Crippen LogP contribution in [0.2, 0.25) is 10.0 Å². The molecule has 3 N–H and O–H groups in total. The molecule has 2 amide bonds. The molecule has 0 bridgehead atoms. The minimum absolute atomic E-state index is 0.142. The lowest BCUT2D eigenvalue weighted by Gasteiger charge is -2.27. The minimum atomic E-state index is -0.735. The number of hydrogen-bond donors (Lipinski definition) is 2. The number of benzene rings is 1. The highest BCUT2D eigenvalue weighted by atomic mass is 35.5. The molecular formula is C19H22Cl2N4O2S. The number of nitrogens with two attached hydrogens (primary N) is 1. The van der Waals surface area contributed by atoms with Crippen LogP contribution in [0.1, 0.15) is 26.2 Å². The second-order valence-corrected chi connectivity index (χ2v) is 8.51. The Morgan fingerprint density at radius 2 is 2.00 bits per heavy atom. The Hall–Kier alpha value is -1.70. The predicted octanol–water partition coefficient (Wildman–Crippen LogP) is 3.69. The molecule has 0 spiro atoms. The van der Waals surface area contributed by atoms with Crippen molar-refractivity contribution in [2.45, 2.75) is 31.4 Å². The summed E-state index contributed by atoms with van der Waals surface area (Å²) in [7, 11) is 0. The van der Waals surface area contributed by atoms with Crippen LogP contribution in [0.25, 0.3) is 0 Å². The maximum atomic E-state index is 13.0. The Morgan fingerprint density at radius 3 is 2.64 bits per heavy atom. The average molecular weight is 441 g/mol. The van der Waals surface area contributed by atoms with Crippen molar-refractivity contribution in [3.63, 3.8) is 0 Å². The van der Waals surface area contributed by atoms with E-state index in [9.17, 15) is 9.59 Å². The summed E-state index contributed by atoms with van der Waals surface area (Å²) in [4.78, 5) is 32.1. The van der Waals surface area contributed by atoms with Crippen molar-refractivity contribution in [3.8, 4) is 0 Å². The first-order chi connectivity index (χ1) is 13.4. The fraction of sp³-hybridized carbons (Fsp3) is 0.421. The van der Waals surface area contributed by atoms with E-state index in [1.807, 2.05) is 6.92 Å². The second kappa shape index (κ2) is 9.20. The predicted molar refractivity (Wildman–Crippen MR) is 116 cm³/mol. The number of hydrogen-bond acceptors (Lipinski definition) is 5. The molecule has 0 saturated carbocycles. The van der Waals surface area contributed by atoms with Gasteiger partial charge in [-0.1, -0.05) is 35.0 Å². The molecule has 2 heterocycles. The molecule has 1 fully saturated rings. The zero-order valence-electron chi connectivity index (χ0n) is 15.5. The number of anilines is 1. The number of carbonyl (C=O) groups excluding carboxylic acids is 2. The van der Waals surface area contributed by atoms with Gasteiger partial charge in [-0.25, -0.2) is 0 Å². The molecule has 9 heteroatoms. The second-order valence-electron chi connectivity index (χ2n) is 6.57. The van der Waals surface area contributed by atoms with Gasteiger partial charge in [0.25, 0.3) is 5.91 Å². The van der Waals surface area contributed by atoms with E-state index in [0.717, 1.165) is 19.3 Å². The average Bonchev–Trinajstić information content (AvgIpc) is 3.00. The first kappa shape index (κ1) is 21.0. The number of aliphatic imine (C=N–C) groups is 1. The summed E-state index contributed by atoms with van der Waals surface area (Å²) in [6.07, 6.45) is 3.08. The number of rotatable bonds is 4. The maximum Gasteiger partial charge on any atom is 0.258 e. The highest BCUT2D eigenvalue weighted by Crippen LogP contribution is 2.35. The van der Waals surface area contributed by atoms with Crippen LogP contribution >= 0.6 is 35.0 Å². The lowest BCUT2D eigenvalue weighted by molar-refractivity contribution is -0.127. The summed E-state index contributed by atoms with van der Waals surface area (Å²) < 4.78 is 0. The Morgan fingerprint density at radius 1 is 1.29 bits per heavy atom. The van der Waals surface area contributed by atoms with Gasteiger partial charge in [-0.05, 0) is 44.4 Å². The molecule has 1 unspecified atom stereocenters. The Labute approximate surface area is 178 Å². The van der Waals surface area contributed by atoms with Crippen molar-refractivity contribution < 1.29 is 9.59 Å². The zero-order valence-corrected chi connectivity index (χ0v) is 17.8. The molecular weight excluding hydrogens is 419 g/mol. The first-order valence-electron chi connectivity index (χ1n) is 9.18. The van der Waals surface area contributed by atoms with E-state index in [-0.39, 0.29) is 17.5 Å². The highest BCUT2D eigenvalue weighted by Gasteiger charge is 2.39. The smallest absolute Gasteiger partial charge is 0.258 e. The summed E-state index contributed by atoms with van der Waals surface area (Å²) in [5, 5.41) is 3.37. The Kier molecular flexibility index (Phi) is 6.91. The first-order valence-corrected chi connectivity index (χ1v) is 10.8. The standard InChI is InChI=1S/C19H22Cl2N4O2S/c1-2-23-18-14(19(27)25-8-4-3-5-9-25)15(22)16(28-18)17(26)24-13-7-6-11(20)10-12(13)21/h6-7,10,16H,2-5,8-9,22H2,1H3,(H,24,26). The van der Waals surface area contributed by atoms with Gasteiger partial charge in [0.2, 0.25) is 5.91 Å². The van der Waals surface area contributed by atoms with Crippen LogP contribution in [0.5, 0.6) is 0 Å². The summed E-state index contributed by atoms with van der Waals surface area (Å²) in [5.74, 6) is -0.492. The van der Waals surface area contributed by atoms with Crippen LogP contribution in [0.4, 0.5) is 5.69 Å². The number of likely N-dealkylation sites (tertiary alicyclic amines) is 1. The quantitative estimate of drug-likeness (QED) is 0.746. The highest BCUT2D eigenvalue weighted by molar-refractivity contribution is 8.16. The van der Waals surface area contributed by atoms with Gasteiger partial charge in [0, 0.05) is 30.4 Å². The summed E-state index contributed by atoms with van der Waals surface area (Å²) in [6, 6.07) is 4.82. The lowest BCUT2D eigenvalue weighted by atomic mass is 10.1. The third kappa shape index (κ3) is 4.47. The molecule has 1 aromatic rings. The van der Waals surface area contributed by atoms with Gasteiger partial charge in [0.05, 0.1) is 16.3 Å². The van der Waals surface area contributed by atoms with Crippen molar-refractivity contribution in [2.24, 2.45) is 10.7 Å². The number of thioether (sulfide) groups is 1. The van der Waals surface area contributed by atoms with E-state index in [2.05, 4.69) is 10.3 Å². The lowest BCUT2D eigenvalue weighted by Crippen LogP contribution is -2.38. The van der Waals surface area contributed by atoms with Crippen molar-refractivity contribution in [2.75, 3.05) is 25.0 Å². The van der Waals surface area contributed by atoms with Crippen molar-refractivity contribution in [1.82, 2.24) is 4.90 Å². The molecule has 1 aromatic carbocycles. The van der Waals surface area contributed by atoms with Crippen LogP contribution in [0, 0.1) is 0 Å². The Balaban J connectivity index is 1.84. The maximum absolute atomic E-state index is 13.0. The molecule has 1 atom stereocenters. The topological polar surface area (TPSA) is 87.8 Å². The van der Waals surface area contributed by atoms with Gasteiger partial charge >= 0.3 is 0 Å². The number of nitrogens with zero attached hydrogens (tertiary/aromatic N) is 2. The fourth-order valence-corrected chi connectivity index (χ4v) is 4.82. The van der Waals surface area contributed by atoms with Gasteiger partial charge in [0.15, 0.2) is 0 Å². The monoisotopic (exact) mass is 440 g/mol. The van der Waals surface area contributed by atoms with Gasteiger partial charge in [-0.3, -0.25) is 14.6 Å². The van der Waals surface area contributed by atoms with Crippen LogP contribution in [-0.4, -0.2) is 46.6 Å². The van der Waals surface area contributed by atoms with Gasteiger partial charge in [0.1, 0.15) is 10.3 Å². The van der Waals surface area contributed by atoms with Crippen LogP contribution in [-0.2, 0) is 9.59 Å². The van der Waals surface area contributed by atoms with Crippen molar-refractivity contribution in [3.05, 3.63) is 39.5 Å². The van der Waals surface area contributed by atoms with Gasteiger partial charge in [-0.15, -0.1) is 0 Å². The number of nitrogens with one attached hydrogen (secondary N) is 1. The van der Waals surface area contributed by atoms with Gasteiger partial charge in [-0.2, -0.15) is 0 Å². The number of halogens is 2. The molecule has 6 nitrogen and oxygen atoms in total. The van der Waals surface area contributed by atoms with E-state index in [0.29, 0.717) is 46.0 Å². The summed E-state index contributed by atoms with van der Waals surface area (Å²) in [6.45, 7) is 3.80. The van der Waals surface area contributed by atoms with E-state index in [1.165, 1.54) is 11.8 Å². The molecule has 2 aliphatic heterocycles. The summed E-state index contributed by atoms with van der Waals surface area (Å²) >= 11 is 13.2. The molecule has 0 aromatic heterocycles. The molecule has 2 aliphatic rings. The van der Waals surface area contributed by atoms with E-state index < -0.39 is 5.25 Å². The van der Waals surface area contributed by atoms with Gasteiger partial charge < -0.3 is 16.0 Å². The van der Waals surface area contributed by atoms with Crippen molar-refractivity contribution >= 4 is 57.5 Å². The van der Waals surface area contributed by atoms with Crippen LogP contribution in [0.3, 0.4) is 0 Å². The largest absolute Gasteiger partial charge is 0.400 e. The normalized spacial score (nSPS) is 21.3. The molecule has 28 heavy (non-hydrogen) atoms. The number of carbonyl (C=O) groups is 2. The van der Waals surface area contributed by atoms with E-state index >= 15 is 0 Å². The SMILES string of the molecule is CCN=C1SC(C(=O)Nc2ccc(Cl)cc2Cl)C(N)=C1C(=O)N1CCCCC1. The third-order valence-electron chi connectivity index (χ3n) is 4.60. The Bertz CT molecular complexity index is 850. The van der Waals surface area contributed by atoms with Crippen LogP contribution in [0.15, 0.2) is 34.5 Å². The molecule has 0 radical (unpaired) electrons. The molecule has 150 valence electrons. The molecule has 0 aliphatic carbocycles. The summed E-state index contributed by atoms with van der Waals surface area (Å²) in [5.41, 5.74) is 7.33. The fourth-order valence-electron chi connectivity index (χ4n) is 3.20. The molecule has 1 saturated heterocycles.